The van der Waals surface area contributed by atoms with Crippen molar-refractivity contribution in [3.8, 4) is 17.2 Å². The minimum absolute atomic E-state index is 0.0736. The third-order valence-corrected chi connectivity index (χ3v) is 12.3. The number of methoxy groups -OCH3 is 2. The number of aromatic hydroxyl groups is 1. The lowest BCUT2D eigenvalue weighted by molar-refractivity contribution is -0.138. The van der Waals surface area contributed by atoms with E-state index >= 15 is 4.79 Å². The highest BCUT2D eigenvalue weighted by atomic mass is 35.5. The number of phenolic OH excluding ortho intramolecular Hbond substituents is 1. The first-order chi connectivity index (χ1) is 26.0. The standard InChI is InChI=1S/C42H37Cl2N3O7/c1-4-22-8-13-25(14-9-22)46-38(49)28-18-17-27-29(35(28)40(46)51)21-30-39(50)47(45-32-19-12-24(43)20-31(32)44)41(52)42(30,23-10-15-26(53-2)16-11-23)37(27)36-33(48)6-5-7-34(36)54-3/h5-17,19-20,28-30,35,37,45,48H,4,18,21H2,1-3H3/t28-,29+,30-,35-,37+,42+/m0/s1. The van der Waals surface area contributed by atoms with Crippen LogP contribution in [0.4, 0.5) is 11.4 Å². The van der Waals surface area contributed by atoms with Gasteiger partial charge in [0.05, 0.1) is 53.8 Å². The highest BCUT2D eigenvalue weighted by molar-refractivity contribution is 6.36. The van der Waals surface area contributed by atoms with E-state index in [9.17, 15) is 19.5 Å². The number of rotatable bonds is 8. The molecule has 1 saturated carbocycles. The molecule has 276 valence electrons. The van der Waals surface area contributed by atoms with Crippen LogP contribution in [-0.2, 0) is 31.0 Å². The summed E-state index contributed by atoms with van der Waals surface area (Å²) in [7, 11) is 3.01. The first-order valence-electron chi connectivity index (χ1n) is 17.8. The molecule has 0 aromatic heterocycles. The minimum Gasteiger partial charge on any atom is -0.508 e. The molecule has 8 rings (SSSR count). The van der Waals surface area contributed by atoms with Gasteiger partial charge in [0, 0.05) is 16.5 Å². The molecule has 54 heavy (non-hydrogen) atoms. The van der Waals surface area contributed by atoms with Crippen molar-refractivity contribution in [1.82, 2.24) is 5.01 Å². The number of nitrogens with one attached hydrogen (secondary N) is 1. The number of imide groups is 2. The zero-order valence-electron chi connectivity index (χ0n) is 29.7. The van der Waals surface area contributed by atoms with Gasteiger partial charge in [-0.05, 0) is 90.9 Å². The third-order valence-electron chi connectivity index (χ3n) is 11.7. The van der Waals surface area contributed by atoms with Gasteiger partial charge in [-0.15, -0.1) is 0 Å². The summed E-state index contributed by atoms with van der Waals surface area (Å²) < 4.78 is 11.3. The van der Waals surface area contributed by atoms with Crippen LogP contribution >= 0.6 is 23.2 Å². The van der Waals surface area contributed by atoms with Gasteiger partial charge in [0.1, 0.15) is 17.2 Å². The normalized spacial score (nSPS) is 25.9. The van der Waals surface area contributed by atoms with E-state index in [2.05, 4.69) is 5.43 Å². The lowest BCUT2D eigenvalue weighted by Crippen LogP contribution is -2.53. The Bertz CT molecular complexity index is 2240. The predicted octanol–water partition coefficient (Wildman–Crippen LogP) is 7.47. The van der Waals surface area contributed by atoms with Crippen molar-refractivity contribution in [1.29, 1.82) is 0 Å². The van der Waals surface area contributed by atoms with E-state index in [0.717, 1.165) is 17.0 Å². The molecule has 0 bridgehead atoms. The van der Waals surface area contributed by atoms with E-state index < -0.39 is 46.8 Å². The van der Waals surface area contributed by atoms with Gasteiger partial charge < -0.3 is 14.6 Å². The van der Waals surface area contributed by atoms with E-state index in [1.165, 1.54) is 31.3 Å². The number of ether oxygens (including phenoxy) is 2. The van der Waals surface area contributed by atoms with Crippen molar-refractivity contribution in [3.63, 3.8) is 0 Å². The number of anilines is 2. The van der Waals surface area contributed by atoms with Crippen LogP contribution in [0.5, 0.6) is 17.2 Å². The maximum atomic E-state index is 15.5. The minimum atomic E-state index is -1.65. The molecule has 2 heterocycles. The highest BCUT2D eigenvalue weighted by Gasteiger charge is 2.71. The smallest absolute Gasteiger partial charge is 0.260 e. The van der Waals surface area contributed by atoms with Gasteiger partial charge in [-0.2, -0.15) is 5.01 Å². The van der Waals surface area contributed by atoms with Gasteiger partial charge in [-0.3, -0.25) is 29.5 Å². The van der Waals surface area contributed by atoms with E-state index in [4.69, 9.17) is 32.7 Å². The molecule has 0 radical (unpaired) electrons. The average Bonchev–Trinajstić information content (AvgIpc) is 3.56. The molecule has 4 aliphatic rings. The molecule has 2 saturated heterocycles. The number of fused-ring (bicyclic) bond motifs is 4. The van der Waals surface area contributed by atoms with Gasteiger partial charge in [0.25, 0.3) is 11.8 Å². The molecule has 12 heteroatoms. The number of carbonyl (C=O) groups is 4. The Balaban J connectivity index is 1.34. The van der Waals surface area contributed by atoms with Gasteiger partial charge >= 0.3 is 0 Å². The van der Waals surface area contributed by atoms with Gasteiger partial charge in [0.2, 0.25) is 11.8 Å². The van der Waals surface area contributed by atoms with E-state index in [1.807, 2.05) is 25.1 Å². The summed E-state index contributed by atoms with van der Waals surface area (Å²) in [6, 6.07) is 23.9. The van der Waals surface area contributed by atoms with E-state index in [1.54, 1.807) is 60.7 Å². The molecule has 4 aromatic rings. The molecule has 2 N–H and O–H groups in total. The number of benzene rings is 4. The monoisotopic (exact) mass is 765 g/mol. The molecule has 2 aliphatic carbocycles. The molecule has 0 spiro atoms. The number of nitrogens with zero attached hydrogens (tertiary/aromatic N) is 2. The summed E-state index contributed by atoms with van der Waals surface area (Å²) in [5, 5.41) is 13.3. The van der Waals surface area contributed by atoms with Crippen LogP contribution in [0.15, 0.2) is 96.6 Å². The zero-order chi connectivity index (χ0) is 38.1. The molecule has 4 aromatic carbocycles. The topological polar surface area (TPSA) is 125 Å². The van der Waals surface area contributed by atoms with Crippen LogP contribution in [0, 0.1) is 23.7 Å². The number of aryl methyl sites for hydroxylation is 1. The van der Waals surface area contributed by atoms with Crippen molar-refractivity contribution in [2.24, 2.45) is 23.7 Å². The summed E-state index contributed by atoms with van der Waals surface area (Å²) in [5.74, 6) is -5.29. The van der Waals surface area contributed by atoms with Crippen LogP contribution in [0.2, 0.25) is 10.0 Å². The molecule has 0 unspecified atom stereocenters. The second kappa shape index (κ2) is 13.5. The summed E-state index contributed by atoms with van der Waals surface area (Å²) in [6.07, 6.45) is 3.04. The van der Waals surface area contributed by atoms with E-state index in [-0.39, 0.29) is 41.1 Å². The lowest BCUT2D eigenvalue weighted by atomic mass is 9.49. The molecular formula is C42H37Cl2N3O7. The number of allylic oxidation sites excluding steroid dienone is 2. The van der Waals surface area contributed by atoms with Crippen LogP contribution < -0.4 is 19.8 Å². The van der Waals surface area contributed by atoms with Crippen molar-refractivity contribution in [2.75, 3.05) is 24.5 Å². The van der Waals surface area contributed by atoms with Gasteiger partial charge in [0.15, 0.2) is 0 Å². The largest absolute Gasteiger partial charge is 0.508 e. The van der Waals surface area contributed by atoms with Crippen LogP contribution in [-0.4, -0.2) is 48.0 Å². The van der Waals surface area contributed by atoms with Gasteiger partial charge in [-0.25, -0.2) is 0 Å². The SMILES string of the molecule is CCc1ccc(N2C(=O)[C@H]3[C@H](CC=C4[C@H]3C[C@H]3C(=O)N(Nc5ccc(Cl)cc5Cl)C(=O)[C@@]3(c3ccc(OC)cc3)[C@H]4c3c(O)cccc3OC)C2=O)cc1. The number of carbonyl (C=O) groups excluding carboxylic acids is 4. The van der Waals surface area contributed by atoms with Crippen LogP contribution in [0.25, 0.3) is 0 Å². The number of hydrogen-bond donors (Lipinski definition) is 2. The Labute approximate surface area is 322 Å². The molecule has 4 amide bonds. The molecule has 10 nitrogen and oxygen atoms in total. The fraction of sp³-hybridized carbons (Fsp3) is 0.286. The van der Waals surface area contributed by atoms with Crippen molar-refractivity contribution in [2.45, 2.75) is 37.5 Å². The Hall–Kier alpha value is -5.32. The maximum absolute atomic E-state index is 15.5. The molecule has 2 aliphatic heterocycles. The fourth-order valence-electron chi connectivity index (χ4n) is 9.29. The zero-order valence-corrected chi connectivity index (χ0v) is 31.2. The average molecular weight is 767 g/mol. The van der Waals surface area contributed by atoms with E-state index in [0.29, 0.717) is 38.9 Å². The third kappa shape index (κ3) is 5.21. The number of hydrazine groups is 1. The second-order valence-corrected chi connectivity index (χ2v) is 15.0. The summed E-state index contributed by atoms with van der Waals surface area (Å²) in [6.45, 7) is 2.03. The highest BCUT2D eigenvalue weighted by Crippen LogP contribution is 2.66. The summed E-state index contributed by atoms with van der Waals surface area (Å²) in [5.41, 5.74) is 4.65. The first-order valence-corrected chi connectivity index (χ1v) is 18.6. The van der Waals surface area contributed by atoms with Gasteiger partial charge in [-0.1, -0.05) is 72.1 Å². The second-order valence-electron chi connectivity index (χ2n) is 14.1. The lowest BCUT2D eigenvalue weighted by Gasteiger charge is -2.50. The Morgan fingerprint density at radius 2 is 1.61 bits per heavy atom. The number of halogens is 2. The molecule has 6 atom stereocenters. The fourth-order valence-corrected chi connectivity index (χ4v) is 9.74. The first kappa shape index (κ1) is 35.7. The van der Waals surface area contributed by atoms with Crippen molar-refractivity contribution >= 4 is 58.2 Å². The Morgan fingerprint density at radius 1 is 0.870 bits per heavy atom. The van der Waals surface area contributed by atoms with Crippen LogP contribution in [0.3, 0.4) is 0 Å². The van der Waals surface area contributed by atoms with Crippen molar-refractivity contribution < 1.29 is 33.8 Å². The molecular weight excluding hydrogens is 729 g/mol. The summed E-state index contributed by atoms with van der Waals surface area (Å²) in [4.78, 5) is 60.5. The van der Waals surface area contributed by atoms with Crippen molar-refractivity contribution in [3.05, 3.63) is 123 Å². The predicted molar refractivity (Wildman–Crippen MR) is 204 cm³/mol. The molecule has 3 fully saturated rings. The number of hydrogen-bond acceptors (Lipinski definition) is 8. The van der Waals surface area contributed by atoms with Crippen LogP contribution in [0.1, 0.15) is 42.4 Å². The number of phenols is 1. The number of amides is 4. The Morgan fingerprint density at radius 3 is 2.28 bits per heavy atom. The quantitative estimate of drug-likeness (QED) is 0.140. The Kier molecular flexibility index (Phi) is 8.93. The summed E-state index contributed by atoms with van der Waals surface area (Å²) >= 11 is 12.7. The maximum Gasteiger partial charge on any atom is 0.260 e.